The lowest BCUT2D eigenvalue weighted by atomic mass is 10.1. The van der Waals surface area contributed by atoms with E-state index in [0.717, 1.165) is 5.56 Å². The standard InChI is InChI=1S/C16H18ClN3O2/c1-11-9-20(13-8-18-19(2)16(21)15(13)17)10-14(22-11)12-6-4-3-5-7-12/h3-8,11,14H,9-10H2,1-2H3/t11-,14+/m0/s1. The van der Waals surface area contributed by atoms with Gasteiger partial charge in [-0.2, -0.15) is 5.10 Å². The van der Waals surface area contributed by atoms with Crippen LogP contribution in [0, 0.1) is 0 Å². The van der Waals surface area contributed by atoms with E-state index in [1.54, 1.807) is 13.2 Å². The van der Waals surface area contributed by atoms with Crippen LogP contribution in [-0.2, 0) is 11.8 Å². The highest BCUT2D eigenvalue weighted by atomic mass is 35.5. The normalized spacial score (nSPS) is 21.9. The molecule has 22 heavy (non-hydrogen) atoms. The topological polar surface area (TPSA) is 47.4 Å². The first-order valence-corrected chi connectivity index (χ1v) is 7.61. The third-order valence-corrected chi connectivity index (χ3v) is 4.19. The Morgan fingerprint density at radius 1 is 1.27 bits per heavy atom. The lowest BCUT2D eigenvalue weighted by molar-refractivity contribution is -0.0174. The minimum Gasteiger partial charge on any atom is -0.367 e. The van der Waals surface area contributed by atoms with Crippen molar-refractivity contribution >= 4 is 17.3 Å². The minimum atomic E-state index is -0.283. The summed E-state index contributed by atoms with van der Waals surface area (Å²) in [5.41, 5.74) is 1.50. The summed E-state index contributed by atoms with van der Waals surface area (Å²) >= 11 is 6.22. The van der Waals surface area contributed by atoms with Crippen molar-refractivity contribution < 1.29 is 4.74 Å². The van der Waals surface area contributed by atoms with Gasteiger partial charge in [-0.05, 0) is 12.5 Å². The molecular weight excluding hydrogens is 302 g/mol. The van der Waals surface area contributed by atoms with E-state index in [4.69, 9.17) is 16.3 Å². The van der Waals surface area contributed by atoms with Gasteiger partial charge in [0.15, 0.2) is 0 Å². The van der Waals surface area contributed by atoms with Crippen LogP contribution >= 0.6 is 11.6 Å². The molecule has 0 N–H and O–H groups in total. The summed E-state index contributed by atoms with van der Waals surface area (Å²) in [4.78, 5) is 14.0. The number of benzene rings is 1. The van der Waals surface area contributed by atoms with Crippen molar-refractivity contribution in [3.8, 4) is 0 Å². The molecule has 1 aliphatic rings. The lowest BCUT2D eigenvalue weighted by Crippen LogP contribution is -2.43. The molecule has 0 spiro atoms. The third-order valence-electron chi connectivity index (χ3n) is 3.83. The Bertz CT molecular complexity index is 717. The molecule has 0 radical (unpaired) electrons. The summed E-state index contributed by atoms with van der Waals surface area (Å²) in [5.74, 6) is 0. The van der Waals surface area contributed by atoms with Crippen molar-refractivity contribution in [2.24, 2.45) is 7.05 Å². The second-order valence-electron chi connectivity index (χ2n) is 5.52. The highest BCUT2D eigenvalue weighted by Gasteiger charge is 2.28. The molecule has 0 amide bonds. The Labute approximate surface area is 134 Å². The van der Waals surface area contributed by atoms with Crippen molar-refractivity contribution in [3.63, 3.8) is 0 Å². The zero-order valence-corrected chi connectivity index (χ0v) is 13.3. The van der Waals surface area contributed by atoms with Gasteiger partial charge in [-0.25, -0.2) is 4.68 Å². The van der Waals surface area contributed by atoms with Crippen LogP contribution in [0.15, 0.2) is 41.3 Å². The Hall–Kier alpha value is -1.85. The zero-order valence-electron chi connectivity index (χ0n) is 12.6. The van der Waals surface area contributed by atoms with Crippen LogP contribution in [0.2, 0.25) is 5.02 Å². The van der Waals surface area contributed by atoms with Gasteiger partial charge in [0.05, 0.1) is 18.0 Å². The van der Waals surface area contributed by atoms with Gasteiger partial charge in [-0.15, -0.1) is 0 Å². The molecule has 0 unspecified atom stereocenters. The van der Waals surface area contributed by atoms with Crippen LogP contribution in [0.3, 0.4) is 0 Å². The van der Waals surface area contributed by atoms with E-state index >= 15 is 0 Å². The van der Waals surface area contributed by atoms with Gasteiger partial charge in [0.1, 0.15) is 11.1 Å². The molecule has 3 rings (SSSR count). The summed E-state index contributed by atoms with van der Waals surface area (Å²) in [5, 5.41) is 4.28. The minimum absolute atomic E-state index is 0.0408. The summed E-state index contributed by atoms with van der Waals surface area (Å²) in [6.07, 6.45) is 1.63. The van der Waals surface area contributed by atoms with E-state index in [1.807, 2.05) is 37.3 Å². The fraction of sp³-hybridized carbons (Fsp3) is 0.375. The molecule has 116 valence electrons. The van der Waals surface area contributed by atoms with Gasteiger partial charge in [-0.3, -0.25) is 4.79 Å². The van der Waals surface area contributed by atoms with E-state index in [0.29, 0.717) is 18.8 Å². The molecule has 5 nitrogen and oxygen atoms in total. The number of ether oxygens (including phenoxy) is 1. The molecule has 2 heterocycles. The first kappa shape index (κ1) is 15.1. The Morgan fingerprint density at radius 3 is 2.73 bits per heavy atom. The van der Waals surface area contributed by atoms with Crippen LogP contribution in [0.25, 0.3) is 0 Å². The summed E-state index contributed by atoms with van der Waals surface area (Å²) in [6, 6.07) is 10.1. The number of morpholine rings is 1. The van der Waals surface area contributed by atoms with Gasteiger partial charge < -0.3 is 9.64 Å². The van der Waals surface area contributed by atoms with Gasteiger partial charge in [0, 0.05) is 20.1 Å². The maximum atomic E-state index is 12.0. The zero-order chi connectivity index (χ0) is 15.7. The Morgan fingerprint density at radius 2 is 2.00 bits per heavy atom. The van der Waals surface area contributed by atoms with Crippen LogP contribution in [-0.4, -0.2) is 29.0 Å². The molecule has 6 heteroatoms. The summed E-state index contributed by atoms with van der Waals surface area (Å²) < 4.78 is 7.27. The Kier molecular flexibility index (Phi) is 4.18. The first-order valence-electron chi connectivity index (χ1n) is 7.23. The second-order valence-corrected chi connectivity index (χ2v) is 5.90. The summed E-state index contributed by atoms with van der Waals surface area (Å²) in [7, 11) is 1.59. The number of hydrogen-bond donors (Lipinski definition) is 0. The molecular formula is C16H18ClN3O2. The van der Waals surface area contributed by atoms with Crippen LogP contribution in [0.1, 0.15) is 18.6 Å². The van der Waals surface area contributed by atoms with Gasteiger partial charge in [-0.1, -0.05) is 41.9 Å². The highest BCUT2D eigenvalue weighted by Crippen LogP contribution is 2.30. The number of aryl methyl sites for hydroxylation is 1. The van der Waals surface area contributed by atoms with Crippen LogP contribution in [0.4, 0.5) is 5.69 Å². The molecule has 2 aromatic rings. The quantitative estimate of drug-likeness (QED) is 0.853. The SMILES string of the molecule is C[C@H]1CN(c2cnn(C)c(=O)c2Cl)C[C@H](c2ccccc2)O1. The van der Waals surface area contributed by atoms with Crippen LogP contribution < -0.4 is 10.5 Å². The molecule has 0 saturated carbocycles. The fourth-order valence-electron chi connectivity index (χ4n) is 2.72. The monoisotopic (exact) mass is 319 g/mol. The van der Waals surface area contributed by atoms with Gasteiger partial charge in [0.25, 0.3) is 5.56 Å². The number of nitrogens with zero attached hydrogens (tertiary/aromatic N) is 3. The average molecular weight is 320 g/mol. The number of anilines is 1. The number of halogens is 1. The lowest BCUT2D eigenvalue weighted by Gasteiger charge is -2.38. The van der Waals surface area contributed by atoms with Crippen molar-refractivity contribution in [2.75, 3.05) is 18.0 Å². The predicted octanol–water partition coefficient (Wildman–Crippen LogP) is 2.40. The van der Waals surface area contributed by atoms with E-state index in [1.165, 1.54) is 4.68 Å². The molecule has 1 aromatic carbocycles. The molecule has 1 aliphatic heterocycles. The molecule has 0 aliphatic carbocycles. The predicted molar refractivity (Wildman–Crippen MR) is 86.4 cm³/mol. The van der Waals surface area contributed by atoms with E-state index in [2.05, 4.69) is 10.00 Å². The van der Waals surface area contributed by atoms with Crippen molar-refractivity contribution in [1.29, 1.82) is 0 Å². The van der Waals surface area contributed by atoms with E-state index < -0.39 is 0 Å². The first-order chi connectivity index (χ1) is 10.6. The van der Waals surface area contributed by atoms with Crippen LogP contribution in [0.5, 0.6) is 0 Å². The highest BCUT2D eigenvalue weighted by molar-refractivity contribution is 6.33. The van der Waals surface area contributed by atoms with Crippen molar-refractivity contribution in [2.45, 2.75) is 19.1 Å². The van der Waals surface area contributed by atoms with Gasteiger partial charge in [0.2, 0.25) is 0 Å². The van der Waals surface area contributed by atoms with Crippen molar-refractivity contribution in [1.82, 2.24) is 9.78 Å². The van der Waals surface area contributed by atoms with E-state index in [9.17, 15) is 4.79 Å². The van der Waals surface area contributed by atoms with E-state index in [-0.39, 0.29) is 22.8 Å². The molecule has 1 fully saturated rings. The fourth-order valence-corrected chi connectivity index (χ4v) is 3.01. The Balaban J connectivity index is 1.92. The molecule has 1 aromatic heterocycles. The van der Waals surface area contributed by atoms with Gasteiger partial charge >= 0.3 is 0 Å². The third kappa shape index (κ3) is 2.87. The smallest absolute Gasteiger partial charge is 0.287 e. The molecule has 2 atom stereocenters. The molecule has 0 bridgehead atoms. The maximum absolute atomic E-state index is 12.0. The number of hydrogen-bond acceptors (Lipinski definition) is 4. The number of rotatable bonds is 2. The average Bonchev–Trinajstić information content (AvgIpc) is 2.53. The maximum Gasteiger partial charge on any atom is 0.287 e. The largest absolute Gasteiger partial charge is 0.367 e. The summed E-state index contributed by atoms with van der Waals surface area (Å²) in [6.45, 7) is 3.34. The number of aromatic nitrogens is 2. The van der Waals surface area contributed by atoms with Crippen molar-refractivity contribution in [3.05, 3.63) is 57.5 Å². The molecule has 1 saturated heterocycles. The second kappa shape index (κ2) is 6.10.